The van der Waals surface area contributed by atoms with Crippen molar-refractivity contribution >= 4 is 0 Å². The third-order valence-corrected chi connectivity index (χ3v) is 2.73. The molecule has 0 aromatic carbocycles. The van der Waals surface area contributed by atoms with Crippen LogP contribution in [0.3, 0.4) is 0 Å². The topological polar surface area (TPSA) is 35.0 Å². The quantitative estimate of drug-likeness (QED) is 0.652. The van der Waals surface area contributed by atoms with Crippen molar-refractivity contribution < 1.29 is 4.74 Å². The number of ether oxygens (including phenoxy) is 1. The molecule has 0 aliphatic carbocycles. The highest BCUT2D eigenvalue weighted by Gasteiger charge is 2.24. The van der Waals surface area contributed by atoms with Gasteiger partial charge in [0.1, 0.15) is 0 Å². The molecule has 1 aliphatic heterocycles. The van der Waals surface area contributed by atoms with E-state index in [0.717, 1.165) is 11.1 Å². The molecule has 2 aromatic rings. The lowest BCUT2D eigenvalue weighted by Gasteiger charge is -2.22. The van der Waals surface area contributed by atoms with Crippen LogP contribution < -0.4 is 4.74 Å². The van der Waals surface area contributed by atoms with Crippen LogP contribution in [0, 0.1) is 0 Å². The lowest BCUT2D eigenvalue weighted by Crippen LogP contribution is -2.09. The van der Waals surface area contributed by atoms with Crippen LogP contribution in [-0.4, -0.2) is 9.97 Å². The van der Waals surface area contributed by atoms with E-state index < -0.39 is 0 Å². The highest BCUT2D eigenvalue weighted by atomic mass is 16.5. The van der Waals surface area contributed by atoms with Crippen molar-refractivity contribution in [3.63, 3.8) is 0 Å². The lowest BCUT2D eigenvalue weighted by molar-refractivity contribution is 0.413. The summed E-state index contributed by atoms with van der Waals surface area (Å²) in [6, 6.07) is 7.95. The van der Waals surface area contributed by atoms with Crippen LogP contribution >= 0.6 is 0 Å². The van der Waals surface area contributed by atoms with Gasteiger partial charge in [-0.2, -0.15) is 0 Å². The van der Waals surface area contributed by atoms with Crippen molar-refractivity contribution in [1.82, 2.24) is 9.97 Å². The van der Waals surface area contributed by atoms with Gasteiger partial charge in [0.25, 0.3) is 0 Å². The van der Waals surface area contributed by atoms with Gasteiger partial charge in [-0.25, -0.2) is 9.97 Å². The van der Waals surface area contributed by atoms with E-state index in [-0.39, 0.29) is 0 Å². The maximum Gasteiger partial charge on any atom is 0.225 e. The van der Waals surface area contributed by atoms with Gasteiger partial charge in [0, 0.05) is 29.4 Å². The molecule has 0 saturated heterocycles. The molecule has 3 heteroatoms. The van der Waals surface area contributed by atoms with E-state index >= 15 is 0 Å². The molecule has 0 bridgehead atoms. The Labute approximate surface area is 87.8 Å². The van der Waals surface area contributed by atoms with Gasteiger partial charge in [-0.05, 0) is 12.1 Å². The Balaban J connectivity index is 2.20. The Morgan fingerprint density at radius 1 is 1.00 bits per heavy atom. The summed E-state index contributed by atoms with van der Waals surface area (Å²) in [6.45, 7) is 2.14. The minimum Gasteiger partial charge on any atom is -0.420 e. The van der Waals surface area contributed by atoms with Gasteiger partial charge in [-0.1, -0.05) is 19.1 Å². The third-order valence-electron chi connectivity index (χ3n) is 2.73. The minimum atomic E-state index is 0.297. The van der Waals surface area contributed by atoms with E-state index in [1.54, 1.807) is 12.4 Å². The normalized spacial score (nSPS) is 13.9. The molecule has 0 radical (unpaired) electrons. The van der Waals surface area contributed by atoms with Gasteiger partial charge in [-0.3, -0.25) is 0 Å². The largest absolute Gasteiger partial charge is 0.420 e. The van der Waals surface area contributed by atoms with E-state index in [1.165, 1.54) is 0 Å². The maximum atomic E-state index is 5.63. The Morgan fingerprint density at radius 3 is 2.07 bits per heavy atom. The molecule has 74 valence electrons. The fourth-order valence-corrected chi connectivity index (χ4v) is 1.90. The van der Waals surface area contributed by atoms with Crippen LogP contribution in [0.25, 0.3) is 0 Å². The van der Waals surface area contributed by atoms with Gasteiger partial charge in [0.05, 0.1) is 0 Å². The fraction of sp³-hybridized carbons (Fsp3) is 0.167. The van der Waals surface area contributed by atoms with Crippen LogP contribution in [0.2, 0.25) is 0 Å². The number of pyridine rings is 2. The van der Waals surface area contributed by atoms with Crippen molar-refractivity contribution in [3.05, 3.63) is 47.8 Å². The van der Waals surface area contributed by atoms with Gasteiger partial charge in [-0.15, -0.1) is 0 Å². The summed E-state index contributed by atoms with van der Waals surface area (Å²) in [4.78, 5) is 8.41. The van der Waals surface area contributed by atoms with Crippen LogP contribution in [0.5, 0.6) is 11.8 Å². The molecular weight excluding hydrogens is 188 g/mol. The van der Waals surface area contributed by atoms with Crippen LogP contribution in [-0.2, 0) is 0 Å². The Kier molecular flexibility index (Phi) is 1.71. The number of nitrogens with zero attached hydrogens (tertiary/aromatic N) is 2. The van der Waals surface area contributed by atoms with E-state index in [1.807, 2.05) is 24.3 Å². The monoisotopic (exact) mass is 198 g/mol. The van der Waals surface area contributed by atoms with Gasteiger partial charge in [0.15, 0.2) is 0 Å². The summed E-state index contributed by atoms with van der Waals surface area (Å²) in [7, 11) is 0. The predicted molar refractivity (Wildman–Crippen MR) is 56.1 cm³/mol. The molecule has 15 heavy (non-hydrogen) atoms. The summed E-state index contributed by atoms with van der Waals surface area (Å²) in [5.74, 6) is 1.65. The first-order chi connectivity index (χ1) is 7.36. The second-order valence-corrected chi connectivity index (χ2v) is 3.62. The molecule has 3 nitrogen and oxygen atoms in total. The molecule has 3 rings (SSSR count). The van der Waals surface area contributed by atoms with Gasteiger partial charge < -0.3 is 4.74 Å². The zero-order valence-electron chi connectivity index (χ0n) is 8.34. The van der Waals surface area contributed by atoms with Crippen LogP contribution in [0.1, 0.15) is 24.0 Å². The summed E-state index contributed by atoms with van der Waals surface area (Å²) in [6.07, 6.45) is 3.47. The molecule has 3 heterocycles. The Bertz CT molecular complexity index is 465. The summed E-state index contributed by atoms with van der Waals surface area (Å²) in [5.41, 5.74) is 2.25. The van der Waals surface area contributed by atoms with Gasteiger partial charge in [0.2, 0.25) is 11.8 Å². The SMILES string of the molecule is CC1c2cccnc2Oc2ncccc21. The number of aromatic nitrogens is 2. The number of fused-ring (bicyclic) bond motifs is 2. The Morgan fingerprint density at radius 2 is 1.53 bits per heavy atom. The average Bonchev–Trinajstić information content (AvgIpc) is 2.30. The smallest absolute Gasteiger partial charge is 0.225 e. The van der Waals surface area contributed by atoms with Crippen molar-refractivity contribution in [2.75, 3.05) is 0 Å². The van der Waals surface area contributed by atoms with Crippen molar-refractivity contribution in [3.8, 4) is 11.8 Å². The van der Waals surface area contributed by atoms with E-state index in [4.69, 9.17) is 4.74 Å². The Hall–Kier alpha value is -1.90. The highest BCUT2D eigenvalue weighted by molar-refractivity contribution is 5.46. The van der Waals surface area contributed by atoms with E-state index in [2.05, 4.69) is 16.9 Å². The average molecular weight is 198 g/mol. The predicted octanol–water partition coefficient (Wildman–Crippen LogP) is 2.73. The minimum absolute atomic E-state index is 0.297. The first kappa shape index (κ1) is 8.41. The molecule has 1 aliphatic rings. The number of hydrogen-bond acceptors (Lipinski definition) is 3. The molecule has 0 fully saturated rings. The van der Waals surface area contributed by atoms with E-state index in [9.17, 15) is 0 Å². The van der Waals surface area contributed by atoms with Crippen molar-refractivity contribution in [2.24, 2.45) is 0 Å². The number of rotatable bonds is 0. The molecule has 0 amide bonds. The first-order valence-electron chi connectivity index (χ1n) is 4.94. The number of hydrogen-bond donors (Lipinski definition) is 0. The van der Waals surface area contributed by atoms with E-state index in [0.29, 0.717) is 17.7 Å². The highest BCUT2D eigenvalue weighted by Crippen LogP contribution is 2.40. The second-order valence-electron chi connectivity index (χ2n) is 3.62. The fourth-order valence-electron chi connectivity index (χ4n) is 1.90. The zero-order valence-corrected chi connectivity index (χ0v) is 8.34. The van der Waals surface area contributed by atoms with Crippen LogP contribution in [0.4, 0.5) is 0 Å². The zero-order chi connectivity index (χ0) is 10.3. The molecule has 0 unspecified atom stereocenters. The molecule has 0 atom stereocenters. The summed E-state index contributed by atoms with van der Waals surface area (Å²) < 4.78 is 5.63. The summed E-state index contributed by atoms with van der Waals surface area (Å²) in [5, 5.41) is 0. The molecule has 0 spiro atoms. The van der Waals surface area contributed by atoms with Crippen LogP contribution in [0.15, 0.2) is 36.7 Å². The first-order valence-corrected chi connectivity index (χ1v) is 4.94. The summed E-state index contributed by atoms with van der Waals surface area (Å²) >= 11 is 0. The molecule has 0 N–H and O–H groups in total. The van der Waals surface area contributed by atoms with Crippen molar-refractivity contribution in [1.29, 1.82) is 0 Å². The maximum absolute atomic E-state index is 5.63. The molecule has 0 saturated carbocycles. The second kappa shape index (κ2) is 3.05. The standard InChI is InChI=1S/C12H10N2O/c1-8-9-4-2-6-13-11(9)15-12-10(8)5-3-7-14-12/h2-8H,1H3. The molecular formula is C12H10N2O. The van der Waals surface area contributed by atoms with Crippen molar-refractivity contribution in [2.45, 2.75) is 12.8 Å². The van der Waals surface area contributed by atoms with Gasteiger partial charge >= 0.3 is 0 Å². The molecule has 2 aromatic heterocycles. The third kappa shape index (κ3) is 1.20. The lowest BCUT2D eigenvalue weighted by atomic mass is 9.93.